The summed E-state index contributed by atoms with van der Waals surface area (Å²) in [5, 5.41) is 12.2. The van der Waals surface area contributed by atoms with E-state index in [0.717, 1.165) is 19.3 Å². The maximum Gasteiger partial charge on any atom is 0.308 e. The van der Waals surface area contributed by atoms with Gasteiger partial charge in [-0.3, -0.25) is 4.79 Å². The Bertz CT molecular complexity index is 181. The van der Waals surface area contributed by atoms with Gasteiger partial charge in [0.25, 0.3) is 0 Å². The van der Waals surface area contributed by atoms with E-state index in [1.807, 2.05) is 0 Å². The van der Waals surface area contributed by atoms with Crippen LogP contribution in [0, 0.1) is 5.92 Å². The lowest BCUT2D eigenvalue weighted by molar-refractivity contribution is -0.143. The van der Waals surface area contributed by atoms with Crippen LogP contribution in [-0.4, -0.2) is 23.2 Å². The fourth-order valence-electron chi connectivity index (χ4n) is 2.27. The Balaban J connectivity index is 2.07. The number of hydrogen-bond acceptors (Lipinski definition) is 2. The first-order valence-electron chi connectivity index (χ1n) is 4.26. The first kappa shape index (κ1) is 7.10. The van der Waals surface area contributed by atoms with Gasteiger partial charge in [-0.1, -0.05) is 0 Å². The number of rotatable bonds is 1. The van der Waals surface area contributed by atoms with Crippen molar-refractivity contribution < 1.29 is 9.90 Å². The standard InChI is InChI=1S/C8H13NO2/c10-8(11)6-3-1-5-2-4-7(6)9-5/h5-7,9H,1-4H2,(H,10,11)/t5-,6-,7-/m0/s1. The van der Waals surface area contributed by atoms with Crippen molar-refractivity contribution in [3.63, 3.8) is 0 Å². The van der Waals surface area contributed by atoms with Crippen LogP contribution in [0.25, 0.3) is 0 Å². The van der Waals surface area contributed by atoms with Crippen LogP contribution >= 0.6 is 0 Å². The molecule has 3 heteroatoms. The second-order valence-corrected chi connectivity index (χ2v) is 3.57. The zero-order valence-electron chi connectivity index (χ0n) is 6.42. The van der Waals surface area contributed by atoms with Crippen molar-refractivity contribution in [2.75, 3.05) is 0 Å². The third-order valence-corrected chi connectivity index (χ3v) is 2.90. The summed E-state index contributed by atoms with van der Waals surface area (Å²) in [6.45, 7) is 0. The number of carboxylic acid groups (broad SMARTS) is 1. The lowest BCUT2D eigenvalue weighted by atomic mass is 9.92. The number of nitrogens with one attached hydrogen (secondary N) is 1. The van der Waals surface area contributed by atoms with Gasteiger partial charge in [-0.05, 0) is 25.7 Å². The first-order valence-corrected chi connectivity index (χ1v) is 4.26. The van der Waals surface area contributed by atoms with Gasteiger partial charge in [-0.2, -0.15) is 0 Å². The summed E-state index contributed by atoms with van der Waals surface area (Å²) in [7, 11) is 0. The van der Waals surface area contributed by atoms with Crippen molar-refractivity contribution in [1.29, 1.82) is 0 Å². The molecule has 2 fully saturated rings. The van der Waals surface area contributed by atoms with Crippen LogP contribution in [-0.2, 0) is 4.79 Å². The summed E-state index contributed by atoms with van der Waals surface area (Å²) in [4.78, 5) is 10.7. The largest absolute Gasteiger partial charge is 0.481 e. The topological polar surface area (TPSA) is 49.3 Å². The summed E-state index contributed by atoms with van der Waals surface area (Å²) in [5.41, 5.74) is 0. The van der Waals surface area contributed by atoms with E-state index in [2.05, 4.69) is 5.32 Å². The van der Waals surface area contributed by atoms with Gasteiger partial charge in [0.05, 0.1) is 5.92 Å². The molecule has 2 aliphatic heterocycles. The smallest absolute Gasteiger partial charge is 0.308 e. The maximum atomic E-state index is 10.7. The Labute approximate surface area is 65.8 Å². The summed E-state index contributed by atoms with van der Waals surface area (Å²) in [6.07, 6.45) is 4.15. The van der Waals surface area contributed by atoms with Gasteiger partial charge in [0.15, 0.2) is 0 Å². The number of hydrogen-bond donors (Lipinski definition) is 2. The van der Waals surface area contributed by atoms with Gasteiger partial charge in [0.2, 0.25) is 0 Å². The quantitative estimate of drug-likeness (QED) is 0.583. The van der Waals surface area contributed by atoms with Crippen LogP contribution in [0.5, 0.6) is 0 Å². The Morgan fingerprint density at radius 3 is 2.73 bits per heavy atom. The molecule has 0 spiro atoms. The molecule has 11 heavy (non-hydrogen) atoms. The van der Waals surface area contributed by atoms with E-state index in [1.54, 1.807) is 0 Å². The second-order valence-electron chi connectivity index (χ2n) is 3.57. The van der Waals surface area contributed by atoms with E-state index in [9.17, 15) is 4.79 Å². The average molecular weight is 155 g/mol. The molecule has 3 atom stereocenters. The van der Waals surface area contributed by atoms with E-state index in [0.29, 0.717) is 6.04 Å². The van der Waals surface area contributed by atoms with E-state index in [1.165, 1.54) is 6.42 Å². The minimum atomic E-state index is -0.622. The molecule has 2 heterocycles. The molecule has 0 aromatic carbocycles. The minimum absolute atomic E-state index is 0.117. The lowest BCUT2D eigenvalue weighted by Gasteiger charge is -2.26. The molecule has 2 aliphatic rings. The Morgan fingerprint density at radius 1 is 1.27 bits per heavy atom. The molecular formula is C8H13NO2. The molecule has 0 aliphatic carbocycles. The molecule has 2 rings (SSSR count). The molecule has 3 nitrogen and oxygen atoms in total. The zero-order chi connectivity index (χ0) is 7.84. The van der Waals surface area contributed by atoms with Crippen LogP contribution in [0.3, 0.4) is 0 Å². The number of carboxylic acids is 1. The van der Waals surface area contributed by atoms with Gasteiger partial charge >= 0.3 is 5.97 Å². The molecule has 0 aromatic rings. The molecule has 2 saturated heterocycles. The normalized spacial score (nSPS) is 42.4. The van der Waals surface area contributed by atoms with Crippen LogP contribution in [0.15, 0.2) is 0 Å². The molecule has 0 saturated carbocycles. The number of piperidine rings is 1. The van der Waals surface area contributed by atoms with E-state index < -0.39 is 5.97 Å². The number of carbonyl (C=O) groups is 1. The monoisotopic (exact) mass is 155 g/mol. The molecular weight excluding hydrogens is 142 g/mol. The fraction of sp³-hybridized carbons (Fsp3) is 0.875. The summed E-state index contributed by atoms with van der Waals surface area (Å²) in [6, 6.07) is 0.891. The van der Waals surface area contributed by atoms with Crippen molar-refractivity contribution in [3.05, 3.63) is 0 Å². The SMILES string of the molecule is O=C(O)[C@H]1CC[C@H]2CC[C@@H]1N2. The fourth-order valence-corrected chi connectivity index (χ4v) is 2.27. The summed E-state index contributed by atoms with van der Waals surface area (Å²) in [5.74, 6) is -0.739. The van der Waals surface area contributed by atoms with Gasteiger partial charge in [-0.15, -0.1) is 0 Å². The molecule has 0 unspecified atom stereocenters. The number of fused-ring (bicyclic) bond motifs is 2. The van der Waals surface area contributed by atoms with Gasteiger partial charge < -0.3 is 10.4 Å². The first-order chi connectivity index (χ1) is 5.27. The molecule has 2 N–H and O–H groups in total. The van der Waals surface area contributed by atoms with Crippen molar-refractivity contribution in [2.45, 2.75) is 37.8 Å². The predicted molar refractivity (Wildman–Crippen MR) is 40.3 cm³/mol. The Morgan fingerprint density at radius 2 is 2.00 bits per heavy atom. The van der Waals surface area contributed by atoms with Crippen LogP contribution in [0.4, 0.5) is 0 Å². The van der Waals surface area contributed by atoms with Gasteiger partial charge in [0, 0.05) is 12.1 Å². The van der Waals surface area contributed by atoms with Crippen LogP contribution in [0.1, 0.15) is 25.7 Å². The highest BCUT2D eigenvalue weighted by Crippen LogP contribution is 2.31. The third-order valence-electron chi connectivity index (χ3n) is 2.90. The molecule has 0 amide bonds. The van der Waals surface area contributed by atoms with E-state index >= 15 is 0 Å². The Hall–Kier alpha value is -0.570. The summed E-state index contributed by atoms with van der Waals surface area (Å²) >= 11 is 0. The average Bonchev–Trinajstić information content (AvgIpc) is 2.32. The molecule has 0 radical (unpaired) electrons. The zero-order valence-corrected chi connectivity index (χ0v) is 6.42. The highest BCUT2D eigenvalue weighted by molar-refractivity contribution is 5.71. The highest BCUT2D eigenvalue weighted by atomic mass is 16.4. The van der Waals surface area contributed by atoms with Crippen molar-refractivity contribution in [1.82, 2.24) is 5.32 Å². The molecule has 0 aromatic heterocycles. The Kier molecular flexibility index (Phi) is 1.60. The second kappa shape index (κ2) is 2.48. The predicted octanol–water partition coefficient (Wildman–Crippen LogP) is 0.602. The van der Waals surface area contributed by atoms with Crippen LogP contribution in [0.2, 0.25) is 0 Å². The van der Waals surface area contributed by atoms with Crippen molar-refractivity contribution >= 4 is 5.97 Å². The van der Waals surface area contributed by atoms with Crippen molar-refractivity contribution in [3.8, 4) is 0 Å². The summed E-state index contributed by atoms with van der Waals surface area (Å²) < 4.78 is 0. The van der Waals surface area contributed by atoms with Crippen LogP contribution < -0.4 is 5.32 Å². The third kappa shape index (κ3) is 1.13. The van der Waals surface area contributed by atoms with Gasteiger partial charge in [0.1, 0.15) is 0 Å². The highest BCUT2D eigenvalue weighted by Gasteiger charge is 2.38. The van der Waals surface area contributed by atoms with Crippen molar-refractivity contribution in [2.24, 2.45) is 5.92 Å². The maximum absolute atomic E-state index is 10.7. The molecule has 62 valence electrons. The van der Waals surface area contributed by atoms with E-state index in [-0.39, 0.29) is 12.0 Å². The molecule has 2 bridgehead atoms. The number of aliphatic carboxylic acids is 1. The lowest BCUT2D eigenvalue weighted by Crippen LogP contribution is -2.43. The van der Waals surface area contributed by atoms with Gasteiger partial charge in [-0.25, -0.2) is 0 Å². The van der Waals surface area contributed by atoms with E-state index in [4.69, 9.17) is 5.11 Å². The minimum Gasteiger partial charge on any atom is -0.481 e.